The Morgan fingerprint density at radius 2 is 2.04 bits per heavy atom. The average Bonchev–Trinajstić information content (AvgIpc) is 2.82. The number of nitrogens with zero attached hydrogens (tertiary/aromatic N) is 3. The van der Waals surface area contributed by atoms with Gasteiger partial charge in [-0.05, 0) is 51.8 Å². The largest absolute Gasteiger partial charge is 0.444 e. The molecule has 2 aromatic rings. The van der Waals surface area contributed by atoms with Crippen LogP contribution in [0.15, 0.2) is 18.2 Å². The fraction of sp³-hybridized carbons (Fsp3) is 0.444. The number of anilines is 3. The monoisotopic (exact) mass is 396 g/mol. The number of ether oxygens (including phenoxy) is 1. The molecule has 2 heterocycles. The Labute approximate surface area is 163 Å². The number of fused-ring (bicyclic) bond motifs is 1. The molecule has 0 aliphatic carbocycles. The van der Waals surface area contributed by atoms with E-state index in [1.165, 1.54) is 0 Å². The lowest BCUT2D eigenvalue weighted by molar-refractivity contribution is 0.0634. The second-order valence-electron chi connectivity index (χ2n) is 7.25. The summed E-state index contributed by atoms with van der Waals surface area (Å²) in [5.41, 5.74) is 1.25. The standard InChI is InChI=1S/C18H22Cl2N4O2/c1-18(2,3)26-17(25)21-15-12-6-5-9-24(16(12)22-23(15)4)14-8-7-11(19)10-13(14)20/h7-8,10H,5-6,9H2,1-4H3,(H,21,25). The number of nitrogens with one attached hydrogen (secondary N) is 1. The van der Waals surface area contributed by atoms with E-state index < -0.39 is 11.7 Å². The number of aryl methyl sites for hydroxylation is 1. The Morgan fingerprint density at radius 1 is 1.31 bits per heavy atom. The van der Waals surface area contributed by atoms with Crippen LogP contribution in [0.25, 0.3) is 0 Å². The maximum absolute atomic E-state index is 12.2. The zero-order chi connectivity index (χ0) is 19.1. The highest BCUT2D eigenvalue weighted by Crippen LogP contribution is 2.40. The van der Waals surface area contributed by atoms with Crippen molar-refractivity contribution >= 4 is 46.6 Å². The lowest BCUT2D eigenvalue weighted by Gasteiger charge is -2.28. The third kappa shape index (κ3) is 3.91. The molecule has 8 heteroatoms. The van der Waals surface area contributed by atoms with Gasteiger partial charge in [-0.25, -0.2) is 4.79 Å². The van der Waals surface area contributed by atoms with Gasteiger partial charge in [0, 0.05) is 24.2 Å². The molecule has 1 aromatic carbocycles. The van der Waals surface area contributed by atoms with Crippen LogP contribution in [-0.4, -0.2) is 28.0 Å². The van der Waals surface area contributed by atoms with Crippen molar-refractivity contribution in [2.75, 3.05) is 16.8 Å². The van der Waals surface area contributed by atoms with Crippen molar-refractivity contribution in [1.82, 2.24) is 9.78 Å². The van der Waals surface area contributed by atoms with E-state index in [4.69, 9.17) is 27.9 Å². The molecule has 140 valence electrons. The molecule has 0 atom stereocenters. The Kier molecular flexibility index (Phi) is 5.08. The lowest BCUT2D eigenvalue weighted by Crippen LogP contribution is -2.28. The number of carbonyl (C=O) groups is 1. The second kappa shape index (κ2) is 7.00. The van der Waals surface area contributed by atoms with E-state index in [1.807, 2.05) is 26.8 Å². The van der Waals surface area contributed by atoms with Crippen molar-refractivity contribution in [2.24, 2.45) is 7.05 Å². The summed E-state index contributed by atoms with van der Waals surface area (Å²) in [4.78, 5) is 14.2. The van der Waals surface area contributed by atoms with Crippen molar-refractivity contribution < 1.29 is 9.53 Å². The minimum atomic E-state index is -0.564. The minimum absolute atomic E-state index is 0.495. The third-order valence-electron chi connectivity index (χ3n) is 4.01. The molecule has 1 N–H and O–H groups in total. The highest BCUT2D eigenvalue weighted by molar-refractivity contribution is 6.36. The van der Waals surface area contributed by atoms with Crippen LogP contribution < -0.4 is 10.2 Å². The molecule has 1 aliphatic rings. The van der Waals surface area contributed by atoms with Crippen molar-refractivity contribution in [3.8, 4) is 0 Å². The summed E-state index contributed by atoms with van der Waals surface area (Å²) in [6, 6.07) is 5.41. The summed E-state index contributed by atoms with van der Waals surface area (Å²) in [5.74, 6) is 1.43. The van der Waals surface area contributed by atoms with Gasteiger partial charge in [-0.2, -0.15) is 5.10 Å². The normalized spacial score (nSPS) is 14.2. The fourth-order valence-electron chi connectivity index (χ4n) is 3.01. The van der Waals surface area contributed by atoms with Gasteiger partial charge in [0.25, 0.3) is 0 Å². The van der Waals surface area contributed by atoms with Gasteiger partial charge in [-0.3, -0.25) is 10.00 Å². The molecular weight excluding hydrogens is 375 g/mol. The number of amides is 1. The SMILES string of the molecule is Cn1nc2c(c1NC(=O)OC(C)(C)C)CCCN2c1ccc(Cl)cc1Cl. The zero-order valence-electron chi connectivity index (χ0n) is 15.3. The molecule has 0 saturated heterocycles. The first-order valence-electron chi connectivity index (χ1n) is 8.44. The van der Waals surface area contributed by atoms with Crippen LogP contribution in [0.2, 0.25) is 10.0 Å². The molecule has 0 saturated carbocycles. The van der Waals surface area contributed by atoms with Gasteiger partial charge in [0.1, 0.15) is 11.4 Å². The van der Waals surface area contributed by atoms with Gasteiger partial charge in [0.2, 0.25) is 0 Å². The third-order valence-corrected chi connectivity index (χ3v) is 4.55. The molecule has 6 nitrogen and oxygen atoms in total. The van der Waals surface area contributed by atoms with Gasteiger partial charge in [-0.15, -0.1) is 0 Å². The summed E-state index contributed by atoms with van der Waals surface area (Å²) in [6.45, 7) is 6.28. The number of hydrogen-bond acceptors (Lipinski definition) is 4. The summed E-state index contributed by atoms with van der Waals surface area (Å²) in [5, 5.41) is 8.59. The highest BCUT2D eigenvalue weighted by atomic mass is 35.5. The highest BCUT2D eigenvalue weighted by Gasteiger charge is 2.28. The number of aromatic nitrogens is 2. The van der Waals surface area contributed by atoms with Gasteiger partial charge in [0.05, 0.1) is 10.7 Å². The molecule has 1 aliphatic heterocycles. The van der Waals surface area contributed by atoms with Crippen LogP contribution in [0.3, 0.4) is 0 Å². The molecule has 0 bridgehead atoms. The molecule has 26 heavy (non-hydrogen) atoms. The first kappa shape index (κ1) is 18.9. The predicted molar refractivity (Wildman–Crippen MR) is 105 cm³/mol. The predicted octanol–water partition coefficient (Wildman–Crippen LogP) is 5.16. The summed E-state index contributed by atoms with van der Waals surface area (Å²) < 4.78 is 7.02. The molecule has 0 spiro atoms. The molecular formula is C18H22Cl2N4O2. The molecule has 1 amide bonds. The van der Waals surface area contributed by atoms with Crippen LogP contribution in [-0.2, 0) is 18.2 Å². The van der Waals surface area contributed by atoms with E-state index in [9.17, 15) is 4.79 Å². The lowest BCUT2D eigenvalue weighted by atomic mass is 10.1. The van der Waals surface area contributed by atoms with Crippen molar-refractivity contribution in [3.05, 3.63) is 33.8 Å². The maximum atomic E-state index is 12.2. The summed E-state index contributed by atoms with van der Waals surface area (Å²) in [6.07, 6.45) is 1.24. The number of rotatable bonds is 2. The quantitative estimate of drug-likeness (QED) is 0.761. The van der Waals surface area contributed by atoms with E-state index in [0.717, 1.165) is 36.5 Å². The van der Waals surface area contributed by atoms with E-state index in [0.29, 0.717) is 15.9 Å². The van der Waals surface area contributed by atoms with Gasteiger partial charge in [0.15, 0.2) is 5.82 Å². The van der Waals surface area contributed by atoms with E-state index in [1.54, 1.807) is 23.9 Å². The summed E-state index contributed by atoms with van der Waals surface area (Å²) in [7, 11) is 1.80. The molecule has 3 rings (SSSR count). The number of carbonyl (C=O) groups excluding carboxylic acids is 1. The van der Waals surface area contributed by atoms with Gasteiger partial charge < -0.3 is 9.64 Å². The van der Waals surface area contributed by atoms with Gasteiger partial charge >= 0.3 is 6.09 Å². The Hall–Kier alpha value is -1.92. The van der Waals surface area contributed by atoms with Crippen LogP contribution in [0.1, 0.15) is 32.8 Å². The number of hydrogen-bond donors (Lipinski definition) is 1. The minimum Gasteiger partial charge on any atom is -0.444 e. The number of benzene rings is 1. The average molecular weight is 397 g/mol. The molecule has 0 radical (unpaired) electrons. The second-order valence-corrected chi connectivity index (χ2v) is 8.10. The molecule has 0 unspecified atom stereocenters. The van der Waals surface area contributed by atoms with Crippen LogP contribution >= 0.6 is 23.2 Å². The summed E-state index contributed by atoms with van der Waals surface area (Å²) >= 11 is 12.4. The van der Waals surface area contributed by atoms with E-state index >= 15 is 0 Å². The molecule has 1 aromatic heterocycles. The van der Waals surface area contributed by atoms with Crippen molar-refractivity contribution in [2.45, 2.75) is 39.2 Å². The smallest absolute Gasteiger partial charge is 0.413 e. The Morgan fingerprint density at radius 3 is 2.69 bits per heavy atom. The van der Waals surface area contributed by atoms with E-state index in [-0.39, 0.29) is 0 Å². The molecule has 0 fully saturated rings. The van der Waals surface area contributed by atoms with Crippen molar-refractivity contribution in [1.29, 1.82) is 0 Å². The van der Waals surface area contributed by atoms with Crippen LogP contribution in [0, 0.1) is 0 Å². The van der Waals surface area contributed by atoms with Crippen LogP contribution in [0.5, 0.6) is 0 Å². The van der Waals surface area contributed by atoms with Crippen LogP contribution in [0.4, 0.5) is 22.1 Å². The number of halogens is 2. The first-order chi connectivity index (χ1) is 12.2. The Bertz CT molecular complexity index is 842. The maximum Gasteiger partial charge on any atom is 0.413 e. The Balaban J connectivity index is 1.93. The topological polar surface area (TPSA) is 59.4 Å². The first-order valence-corrected chi connectivity index (χ1v) is 9.20. The van der Waals surface area contributed by atoms with Gasteiger partial charge in [-0.1, -0.05) is 23.2 Å². The zero-order valence-corrected chi connectivity index (χ0v) is 16.8. The van der Waals surface area contributed by atoms with Crippen molar-refractivity contribution in [3.63, 3.8) is 0 Å². The van der Waals surface area contributed by atoms with E-state index in [2.05, 4.69) is 15.3 Å². The fourth-order valence-corrected chi connectivity index (χ4v) is 3.52.